The molecule has 0 heterocycles. The van der Waals surface area contributed by atoms with Crippen molar-refractivity contribution in [2.24, 2.45) is 0 Å². The maximum Gasteiger partial charge on any atom is 0.335 e. The molecule has 1 rings (SSSR count). The molecule has 0 bridgehead atoms. The topological polar surface area (TPSA) is 66.4 Å². The molecule has 2 N–H and O–H groups in total. The summed E-state index contributed by atoms with van der Waals surface area (Å²) in [7, 11) is 0. The molecule has 0 aliphatic rings. The molecule has 1 aromatic rings. The van der Waals surface area contributed by atoms with Crippen LogP contribution in [-0.4, -0.2) is 23.7 Å². The number of rotatable bonds is 10. The highest BCUT2D eigenvalue weighted by Gasteiger charge is 2.04. The first-order valence-corrected chi connectivity index (χ1v) is 7.32. The van der Waals surface area contributed by atoms with Gasteiger partial charge < -0.3 is 10.4 Å². The monoisotopic (exact) mass is 295 g/mol. The second-order valence-corrected chi connectivity index (χ2v) is 4.99. The average Bonchev–Trinajstić information content (AvgIpc) is 2.47. The molecule has 0 aromatic heterocycles. The summed E-state index contributed by atoms with van der Waals surface area (Å²) in [6, 6.07) is 6.09. The van der Waals surface area contributed by atoms with E-state index in [0.717, 1.165) is 32.1 Å². The molecule has 0 fully saturated rings. The summed E-state index contributed by atoms with van der Waals surface area (Å²) >= 11 is 0. The molecular weight excluding hydrogens is 273 g/mol. The molecule has 4 nitrogen and oxygen atoms in total. The van der Waals surface area contributed by atoms with Crippen LogP contribution in [0.15, 0.2) is 24.3 Å². The normalized spacial score (nSPS) is 10.3. The van der Waals surface area contributed by atoms with Crippen LogP contribution in [0, 0.1) is 0 Å². The maximum absolute atomic E-state index is 11.9. The highest BCUT2D eigenvalue weighted by Crippen LogP contribution is 2.12. The number of unbranched alkanes of at least 4 members (excludes halogenated alkanes) is 5. The number of hydrogen-bond acceptors (Lipinski definition) is 2. The van der Waals surface area contributed by atoms with E-state index in [1.165, 1.54) is 12.1 Å². The molecule has 0 saturated heterocycles. The Labute approximate surface area is 124 Å². The highest BCUT2D eigenvalue weighted by atomic mass is 19.1. The summed E-state index contributed by atoms with van der Waals surface area (Å²) in [5.74, 6) is -1.05. The molecule has 1 amide bonds. The zero-order chi connectivity index (χ0) is 15.5. The van der Waals surface area contributed by atoms with Crippen molar-refractivity contribution in [1.29, 1.82) is 0 Å². The van der Waals surface area contributed by atoms with Gasteiger partial charge in [0.25, 0.3) is 0 Å². The molecule has 0 saturated carbocycles. The van der Waals surface area contributed by atoms with Crippen LogP contribution >= 0.6 is 0 Å². The smallest absolute Gasteiger partial charge is 0.335 e. The third kappa shape index (κ3) is 7.44. The summed E-state index contributed by atoms with van der Waals surface area (Å²) in [6.45, 7) is -0.247. The molecule has 21 heavy (non-hydrogen) atoms. The van der Waals surface area contributed by atoms with E-state index >= 15 is 0 Å². The lowest BCUT2D eigenvalue weighted by atomic mass is 10.1. The van der Waals surface area contributed by atoms with E-state index < -0.39 is 5.97 Å². The Morgan fingerprint density at radius 1 is 0.952 bits per heavy atom. The Hall–Kier alpha value is -1.91. The molecule has 1 aromatic carbocycles. The van der Waals surface area contributed by atoms with Gasteiger partial charge in [-0.05, 0) is 37.1 Å². The number of hydrogen-bond donors (Lipinski definition) is 2. The quantitative estimate of drug-likeness (QED) is 0.641. The van der Waals surface area contributed by atoms with Crippen molar-refractivity contribution in [2.45, 2.75) is 44.9 Å². The first kappa shape index (κ1) is 17.1. The first-order chi connectivity index (χ1) is 10.1. The number of halogens is 1. The number of nitrogens with one attached hydrogen (secondary N) is 1. The number of carboxylic acid groups (broad SMARTS) is 1. The van der Waals surface area contributed by atoms with Gasteiger partial charge in [0, 0.05) is 12.1 Å². The third-order valence-corrected chi connectivity index (χ3v) is 3.20. The number of aromatic carboxylic acids is 1. The Morgan fingerprint density at radius 3 is 2.10 bits per heavy atom. The average molecular weight is 295 g/mol. The number of carbonyl (C=O) groups excluding carboxylic acids is 1. The fourth-order valence-corrected chi connectivity index (χ4v) is 2.01. The SMILES string of the molecule is O=C(CCCCCCCCF)Nc1ccc(C(=O)O)cc1. The van der Waals surface area contributed by atoms with E-state index in [4.69, 9.17) is 5.11 Å². The molecule has 0 atom stereocenters. The van der Waals surface area contributed by atoms with E-state index in [-0.39, 0.29) is 18.1 Å². The minimum absolute atomic E-state index is 0.0677. The second-order valence-electron chi connectivity index (χ2n) is 4.99. The van der Waals surface area contributed by atoms with Gasteiger partial charge in [-0.2, -0.15) is 0 Å². The van der Waals surface area contributed by atoms with Crippen LogP contribution in [0.4, 0.5) is 10.1 Å². The summed E-state index contributed by atoms with van der Waals surface area (Å²) in [6.07, 6.45) is 5.82. The van der Waals surface area contributed by atoms with Crippen LogP contribution in [0.3, 0.4) is 0 Å². The number of benzene rings is 1. The number of alkyl halides is 1. The minimum atomic E-state index is -0.986. The van der Waals surface area contributed by atoms with E-state index in [0.29, 0.717) is 18.5 Å². The number of anilines is 1. The standard InChI is InChI=1S/C16H22FNO3/c17-12-6-4-2-1-3-5-7-15(19)18-14-10-8-13(9-11-14)16(20)21/h8-11H,1-7,12H2,(H,18,19)(H,20,21). The summed E-state index contributed by atoms with van der Waals surface area (Å²) in [5, 5.41) is 11.5. The van der Waals surface area contributed by atoms with Crippen LogP contribution in [0.2, 0.25) is 0 Å². The van der Waals surface area contributed by atoms with Crippen LogP contribution in [0.25, 0.3) is 0 Å². The lowest BCUT2D eigenvalue weighted by Gasteiger charge is -2.05. The molecule has 0 aliphatic carbocycles. The largest absolute Gasteiger partial charge is 0.478 e. The summed E-state index contributed by atoms with van der Waals surface area (Å²) in [5.41, 5.74) is 0.800. The van der Waals surface area contributed by atoms with Crippen LogP contribution < -0.4 is 5.32 Å². The third-order valence-electron chi connectivity index (χ3n) is 3.20. The van der Waals surface area contributed by atoms with Crippen LogP contribution in [0.1, 0.15) is 55.3 Å². The van der Waals surface area contributed by atoms with Crippen molar-refractivity contribution in [3.63, 3.8) is 0 Å². The lowest BCUT2D eigenvalue weighted by molar-refractivity contribution is -0.116. The zero-order valence-corrected chi connectivity index (χ0v) is 12.1. The van der Waals surface area contributed by atoms with Gasteiger partial charge in [-0.3, -0.25) is 9.18 Å². The molecule has 0 spiro atoms. The predicted octanol–water partition coefficient (Wildman–Crippen LogP) is 4.02. The van der Waals surface area contributed by atoms with Gasteiger partial charge >= 0.3 is 5.97 Å². The Balaban J connectivity index is 2.17. The molecule has 0 radical (unpaired) electrons. The van der Waals surface area contributed by atoms with Crippen molar-refractivity contribution in [3.8, 4) is 0 Å². The fraction of sp³-hybridized carbons (Fsp3) is 0.500. The van der Waals surface area contributed by atoms with Crippen molar-refractivity contribution >= 4 is 17.6 Å². The van der Waals surface area contributed by atoms with Gasteiger partial charge in [-0.25, -0.2) is 4.79 Å². The molecule has 0 aliphatic heterocycles. The summed E-state index contributed by atoms with van der Waals surface area (Å²) < 4.78 is 11.9. The van der Waals surface area contributed by atoms with Gasteiger partial charge in [0.05, 0.1) is 12.2 Å². The van der Waals surface area contributed by atoms with Gasteiger partial charge in [0.1, 0.15) is 0 Å². The van der Waals surface area contributed by atoms with E-state index in [2.05, 4.69) is 5.32 Å². The number of amides is 1. The van der Waals surface area contributed by atoms with E-state index in [1.807, 2.05) is 0 Å². The predicted molar refractivity (Wildman–Crippen MR) is 80.3 cm³/mol. The van der Waals surface area contributed by atoms with Crippen molar-refractivity contribution in [2.75, 3.05) is 12.0 Å². The van der Waals surface area contributed by atoms with Gasteiger partial charge in [0.2, 0.25) is 5.91 Å². The zero-order valence-electron chi connectivity index (χ0n) is 12.1. The van der Waals surface area contributed by atoms with Crippen molar-refractivity contribution < 1.29 is 19.1 Å². The number of carbonyl (C=O) groups is 2. The summed E-state index contributed by atoms with van der Waals surface area (Å²) in [4.78, 5) is 22.4. The van der Waals surface area contributed by atoms with E-state index in [1.54, 1.807) is 12.1 Å². The second kappa shape index (κ2) is 9.91. The van der Waals surface area contributed by atoms with Crippen LogP contribution in [-0.2, 0) is 4.79 Å². The van der Waals surface area contributed by atoms with Gasteiger partial charge in [-0.1, -0.05) is 25.7 Å². The first-order valence-electron chi connectivity index (χ1n) is 7.32. The fourth-order valence-electron chi connectivity index (χ4n) is 2.01. The Bertz CT molecular complexity index is 445. The minimum Gasteiger partial charge on any atom is -0.478 e. The molecule has 0 unspecified atom stereocenters. The Kier molecular flexibility index (Phi) is 8.09. The Morgan fingerprint density at radius 2 is 1.52 bits per heavy atom. The van der Waals surface area contributed by atoms with Crippen molar-refractivity contribution in [1.82, 2.24) is 0 Å². The van der Waals surface area contributed by atoms with Gasteiger partial charge in [0.15, 0.2) is 0 Å². The van der Waals surface area contributed by atoms with Crippen molar-refractivity contribution in [3.05, 3.63) is 29.8 Å². The highest BCUT2D eigenvalue weighted by molar-refractivity contribution is 5.92. The van der Waals surface area contributed by atoms with Gasteiger partial charge in [-0.15, -0.1) is 0 Å². The van der Waals surface area contributed by atoms with Crippen LogP contribution in [0.5, 0.6) is 0 Å². The lowest BCUT2D eigenvalue weighted by Crippen LogP contribution is -2.11. The van der Waals surface area contributed by atoms with E-state index in [9.17, 15) is 14.0 Å². The molecule has 116 valence electrons. The molecular formula is C16H22FNO3. The maximum atomic E-state index is 11.9. The number of carboxylic acids is 1. The molecule has 5 heteroatoms.